The van der Waals surface area contributed by atoms with Crippen LogP contribution in [0, 0.1) is 6.92 Å². The number of piperidine rings is 1. The molecule has 130 valence electrons. The lowest BCUT2D eigenvalue weighted by Crippen LogP contribution is -2.41. The molecule has 1 fully saturated rings. The molecule has 0 saturated carbocycles. The van der Waals surface area contributed by atoms with Gasteiger partial charge in [-0.05, 0) is 25.8 Å². The van der Waals surface area contributed by atoms with Gasteiger partial charge in [-0.25, -0.2) is 9.97 Å². The molecule has 1 aliphatic rings. The Morgan fingerprint density at radius 1 is 1.40 bits per heavy atom. The minimum Gasteiger partial charge on any atom is -0.337 e. The molecule has 1 amide bonds. The first kappa shape index (κ1) is 15.8. The van der Waals surface area contributed by atoms with Crippen molar-refractivity contribution in [2.75, 3.05) is 13.1 Å². The van der Waals surface area contributed by atoms with Crippen LogP contribution in [0.3, 0.4) is 0 Å². The Bertz CT molecular complexity index is 911. The summed E-state index contributed by atoms with van der Waals surface area (Å²) >= 11 is 0. The Balaban J connectivity index is 1.57. The van der Waals surface area contributed by atoms with E-state index < -0.39 is 0 Å². The second kappa shape index (κ2) is 6.31. The maximum Gasteiger partial charge on any atom is 0.255 e. The summed E-state index contributed by atoms with van der Waals surface area (Å²) in [5.41, 5.74) is 2.20. The van der Waals surface area contributed by atoms with Gasteiger partial charge in [0.25, 0.3) is 5.91 Å². The third kappa shape index (κ3) is 2.79. The Morgan fingerprint density at radius 2 is 2.28 bits per heavy atom. The highest BCUT2D eigenvalue weighted by atomic mass is 16.2. The van der Waals surface area contributed by atoms with E-state index in [1.807, 2.05) is 30.3 Å². The molecule has 1 atom stereocenters. The van der Waals surface area contributed by atoms with E-state index in [1.54, 1.807) is 6.20 Å². The molecule has 4 heterocycles. The fourth-order valence-corrected chi connectivity index (χ4v) is 3.64. The van der Waals surface area contributed by atoms with Crippen molar-refractivity contribution in [3.8, 4) is 0 Å². The SMILES string of the molecule is CCc1nccn1C1CCCN(C(=O)c2cnc3n[nH]c(C)c3c2)C1. The molecule has 7 nitrogen and oxygen atoms in total. The average Bonchev–Trinajstić information content (AvgIpc) is 3.28. The minimum absolute atomic E-state index is 0.0397. The highest BCUT2D eigenvalue weighted by Crippen LogP contribution is 2.25. The molecule has 7 heteroatoms. The molecule has 3 aromatic rings. The molecule has 1 N–H and O–H groups in total. The predicted octanol–water partition coefficient (Wildman–Crippen LogP) is 2.50. The number of H-pyrrole nitrogens is 1. The Labute approximate surface area is 146 Å². The first-order valence-corrected chi connectivity index (χ1v) is 8.79. The number of hydrogen-bond acceptors (Lipinski definition) is 4. The smallest absolute Gasteiger partial charge is 0.255 e. The molecule has 4 rings (SSSR count). The van der Waals surface area contributed by atoms with E-state index in [0.717, 1.165) is 42.7 Å². The van der Waals surface area contributed by atoms with Gasteiger partial charge in [-0.1, -0.05) is 6.92 Å². The third-order valence-electron chi connectivity index (χ3n) is 4.99. The molecule has 0 spiro atoms. The number of aryl methyl sites for hydroxylation is 2. The van der Waals surface area contributed by atoms with E-state index in [1.165, 1.54) is 0 Å². The van der Waals surface area contributed by atoms with Gasteiger partial charge in [0.1, 0.15) is 5.82 Å². The van der Waals surface area contributed by atoms with Crippen LogP contribution in [0.5, 0.6) is 0 Å². The van der Waals surface area contributed by atoms with Crippen LogP contribution in [0.2, 0.25) is 0 Å². The number of amides is 1. The number of fused-ring (bicyclic) bond motifs is 1. The molecule has 0 bridgehead atoms. The van der Waals surface area contributed by atoms with Gasteiger partial charge in [0, 0.05) is 49.2 Å². The zero-order valence-electron chi connectivity index (χ0n) is 14.6. The van der Waals surface area contributed by atoms with Crippen molar-refractivity contribution >= 4 is 16.9 Å². The van der Waals surface area contributed by atoms with Gasteiger partial charge >= 0.3 is 0 Å². The number of nitrogens with one attached hydrogen (secondary N) is 1. The summed E-state index contributed by atoms with van der Waals surface area (Å²) in [5.74, 6) is 1.12. The number of aromatic amines is 1. The Hall–Kier alpha value is -2.70. The highest BCUT2D eigenvalue weighted by Gasteiger charge is 2.26. The van der Waals surface area contributed by atoms with E-state index in [-0.39, 0.29) is 5.91 Å². The van der Waals surface area contributed by atoms with Crippen LogP contribution in [0.1, 0.15) is 47.7 Å². The topological polar surface area (TPSA) is 79.7 Å². The number of nitrogens with zero attached hydrogens (tertiary/aromatic N) is 5. The zero-order valence-corrected chi connectivity index (χ0v) is 14.6. The number of carbonyl (C=O) groups is 1. The second-order valence-electron chi connectivity index (χ2n) is 6.60. The van der Waals surface area contributed by atoms with Crippen molar-refractivity contribution in [3.05, 3.63) is 41.7 Å². The predicted molar refractivity (Wildman–Crippen MR) is 94.4 cm³/mol. The average molecular weight is 338 g/mol. The molecule has 1 unspecified atom stereocenters. The molecule has 1 saturated heterocycles. The van der Waals surface area contributed by atoms with Gasteiger partial charge in [0.05, 0.1) is 11.6 Å². The zero-order chi connectivity index (χ0) is 17.4. The summed E-state index contributed by atoms with van der Waals surface area (Å²) in [4.78, 5) is 23.6. The van der Waals surface area contributed by atoms with Crippen LogP contribution in [0.4, 0.5) is 0 Å². The number of carbonyl (C=O) groups excluding carboxylic acids is 1. The van der Waals surface area contributed by atoms with Crippen molar-refractivity contribution in [1.29, 1.82) is 0 Å². The molecular weight excluding hydrogens is 316 g/mol. The highest BCUT2D eigenvalue weighted by molar-refractivity contribution is 5.97. The lowest BCUT2D eigenvalue weighted by molar-refractivity contribution is 0.0677. The van der Waals surface area contributed by atoms with Gasteiger partial charge in [-0.3, -0.25) is 9.89 Å². The van der Waals surface area contributed by atoms with E-state index in [9.17, 15) is 4.79 Å². The van der Waals surface area contributed by atoms with Crippen molar-refractivity contribution in [2.45, 2.75) is 39.2 Å². The first-order valence-electron chi connectivity index (χ1n) is 8.79. The number of pyridine rings is 1. The van der Waals surface area contributed by atoms with Crippen LogP contribution >= 0.6 is 0 Å². The van der Waals surface area contributed by atoms with Crippen molar-refractivity contribution in [3.63, 3.8) is 0 Å². The Kier molecular flexibility index (Phi) is 3.99. The van der Waals surface area contributed by atoms with E-state index in [2.05, 4.69) is 31.7 Å². The fraction of sp³-hybridized carbons (Fsp3) is 0.444. The summed E-state index contributed by atoms with van der Waals surface area (Å²) in [7, 11) is 0. The van der Waals surface area contributed by atoms with E-state index >= 15 is 0 Å². The molecule has 1 aliphatic heterocycles. The summed E-state index contributed by atoms with van der Waals surface area (Å²) in [6.45, 7) is 5.55. The minimum atomic E-state index is 0.0397. The van der Waals surface area contributed by atoms with Gasteiger partial charge in [0.2, 0.25) is 0 Å². The molecule has 0 radical (unpaired) electrons. The monoisotopic (exact) mass is 338 g/mol. The van der Waals surface area contributed by atoms with Crippen molar-refractivity contribution in [2.24, 2.45) is 0 Å². The normalized spacial score (nSPS) is 18.0. The molecular formula is C18H22N6O. The lowest BCUT2D eigenvalue weighted by atomic mass is 10.0. The van der Waals surface area contributed by atoms with Gasteiger partial charge in [0.15, 0.2) is 5.65 Å². The lowest BCUT2D eigenvalue weighted by Gasteiger charge is -2.34. The number of likely N-dealkylation sites (tertiary alicyclic amines) is 1. The summed E-state index contributed by atoms with van der Waals surface area (Å²) in [5, 5.41) is 7.94. The molecule has 25 heavy (non-hydrogen) atoms. The molecule has 0 aliphatic carbocycles. The summed E-state index contributed by atoms with van der Waals surface area (Å²) < 4.78 is 2.22. The summed E-state index contributed by atoms with van der Waals surface area (Å²) in [6.07, 6.45) is 8.48. The van der Waals surface area contributed by atoms with Crippen molar-refractivity contribution < 1.29 is 4.79 Å². The number of hydrogen-bond donors (Lipinski definition) is 1. The van der Waals surface area contributed by atoms with Gasteiger partial charge < -0.3 is 9.47 Å². The molecule has 0 aromatic carbocycles. The van der Waals surface area contributed by atoms with Gasteiger partial charge in [-0.2, -0.15) is 5.10 Å². The number of aromatic nitrogens is 5. The second-order valence-corrected chi connectivity index (χ2v) is 6.60. The van der Waals surface area contributed by atoms with Crippen LogP contribution in [-0.2, 0) is 6.42 Å². The van der Waals surface area contributed by atoms with Crippen LogP contribution in [0.15, 0.2) is 24.7 Å². The largest absolute Gasteiger partial charge is 0.337 e. The Morgan fingerprint density at radius 3 is 3.12 bits per heavy atom. The maximum atomic E-state index is 13.0. The first-order chi connectivity index (χ1) is 12.2. The standard InChI is InChI=1S/C18H22N6O/c1-3-16-19-6-8-24(16)14-5-4-7-23(11-14)18(25)13-9-15-12(2)21-22-17(15)20-10-13/h6,8-10,14H,3-5,7,11H2,1-2H3,(H,20,21,22). The maximum absolute atomic E-state index is 13.0. The third-order valence-corrected chi connectivity index (χ3v) is 4.99. The van der Waals surface area contributed by atoms with Crippen LogP contribution in [-0.4, -0.2) is 48.6 Å². The number of imidazole rings is 1. The quantitative estimate of drug-likeness (QED) is 0.796. The summed E-state index contributed by atoms with van der Waals surface area (Å²) in [6, 6.07) is 2.18. The van der Waals surface area contributed by atoms with Crippen LogP contribution < -0.4 is 0 Å². The van der Waals surface area contributed by atoms with E-state index in [4.69, 9.17) is 0 Å². The van der Waals surface area contributed by atoms with E-state index in [0.29, 0.717) is 23.8 Å². The fourth-order valence-electron chi connectivity index (χ4n) is 3.64. The number of rotatable bonds is 3. The van der Waals surface area contributed by atoms with Crippen LogP contribution in [0.25, 0.3) is 11.0 Å². The molecule has 3 aromatic heterocycles. The van der Waals surface area contributed by atoms with Gasteiger partial charge in [-0.15, -0.1) is 0 Å². The van der Waals surface area contributed by atoms with Crippen molar-refractivity contribution in [1.82, 2.24) is 29.6 Å².